The molecule has 1 N–H and O–H groups in total. The highest BCUT2D eigenvalue weighted by Crippen LogP contribution is 2.35. The molecule has 1 fully saturated rings. The van der Waals surface area contributed by atoms with Gasteiger partial charge in [0.2, 0.25) is 11.8 Å². The number of amides is 2. The lowest BCUT2D eigenvalue weighted by molar-refractivity contribution is -0.145. The molecular weight excluding hydrogens is 410 g/mol. The second kappa shape index (κ2) is 9.06. The summed E-state index contributed by atoms with van der Waals surface area (Å²) >= 11 is 1.56. The van der Waals surface area contributed by atoms with E-state index in [-0.39, 0.29) is 17.9 Å². The van der Waals surface area contributed by atoms with E-state index in [0.29, 0.717) is 31.6 Å². The van der Waals surface area contributed by atoms with Gasteiger partial charge in [-0.2, -0.15) is 0 Å². The molecule has 162 valence electrons. The molecule has 1 saturated heterocycles. The van der Waals surface area contributed by atoms with Crippen LogP contribution in [-0.4, -0.2) is 40.0 Å². The summed E-state index contributed by atoms with van der Waals surface area (Å²) in [6, 6.07) is 15.5. The lowest BCUT2D eigenvalue weighted by Crippen LogP contribution is -2.60. The van der Waals surface area contributed by atoms with Crippen LogP contribution in [0.2, 0.25) is 0 Å². The largest absolute Gasteiger partial charge is 0.361 e. The fourth-order valence-electron chi connectivity index (χ4n) is 4.23. The molecule has 3 heterocycles. The molecule has 0 radical (unpaired) electrons. The van der Waals surface area contributed by atoms with E-state index in [4.69, 9.17) is 4.52 Å². The maximum atomic E-state index is 13.4. The molecule has 1 aliphatic rings. The van der Waals surface area contributed by atoms with E-state index >= 15 is 0 Å². The second-order valence-corrected chi connectivity index (χ2v) is 9.32. The Balaban J connectivity index is 1.62. The van der Waals surface area contributed by atoms with Gasteiger partial charge in [0.1, 0.15) is 17.0 Å². The Labute approximate surface area is 186 Å². The van der Waals surface area contributed by atoms with Crippen LogP contribution < -0.4 is 5.32 Å². The Morgan fingerprint density at radius 3 is 2.74 bits per heavy atom. The summed E-state index contributed by atoms with van der Waals surface area (Å²) < 4.78 is 5.63. The van der Waals surface area contributed by atoms with E-state index in [2.05, 4.69) is 10.5 Å². The number of aromatic nitrogens is 1. The number of carbonyl (C=O) groups excluding carboxylic acids is 2. The SMILES string of the molecule is CC(C)NC(=O)[C@]1(Cc2cc(-c3ccccc3)no2)CCCN1C(=O)Cc1cccs1. The average Bonchev–Trinajstić information content (AvgIpc) is 3.50. The number of hydrogen-bond donors (Lipinski definition) is 1. The van der Waals surface area contributed by atoms with Crippen molar-refractivity contribution in [1.82, 2.24) is 15.4 Å². The Morgan fingerprint density at radius 2 is 2.03 bits per heavy atom. The van der Waals surface area contributed by atoms with Gasteiger partial charge in [0, 0.05) is 35.5 Å². The van der Waals surface area contributed by atoms with Gasteiger partial charge < -0.3 is 14.7 Å². The summed E-state index contributed by atoms with van der Waals surface area (Å²) in [7, 11) is 0. The van der Waals surface area contributed by atoms with E-state index in [1.807, 2.05) is 67.8 Å². The van der Waals surface area contributed by atoms with Crippen LogP contribution in [0.1, 0.15) is 37.3 Å². The number of benzene rings is 1. The monoisotopic (exact) mass is 437 g/mol. The Kier molecular flexibility index (Phi) is 6.23. The van der Waals surface area contributed by atoms with Gasteiger partial charge in [-0.15, -0.1) is 11.3 Å². The lowest BCUT2D eigenvalue weighted by Gasteiger charge is -2.37. The zero-order valence-electron chi connectivity index (χ0n) is 17.8. The van der Waals surface area contributed by atoms with Gasteiger partial charge >= 0.3 is 0 Å². The molecule has 1 aromatic carbocycles. The number of nitrogens with zero attached hydrogens (tertiary/aromatic N) is 2. The molecule has 0 unspecified atom stereocenters. The molecule has 0 bridgehead atoms. The Hall–Kier alpha value is -2.93. The summed E-state index contributed by atoms with van der Waals surface area (Å²) in [6.07, 6.45) is 1.99. The molecule has 7 heteroatoms. The van der Waals surface area contributed by atoms with Crippen LogP contribution in [0.5, 0.6) is 0 Å². The number of hydrogen-bond acceptors (Lipinski definition) is 5. The second-order valence-electron chi connectivity index (χ2n) is 8.29. The topological polar surface area (TPSA) is 75.4 Å². The van der Waals surface area contributed by atoms with Gasteiger partial charge in [-0.3, -0.25) is 9.59 Å². The zero-order chi connectivity index (χ0) is 21.8. The minimum absolute atomic E-state index is 0.0196. The fraction of sp³-hybridized carbons (Fsp3) is 0.375. The van der Waals surface area contributed by atoms with Crippen LogP contribution in [0.15, 0.2) is 58.4 Å². The van der Waals surface area contributed by atoms with E-state index in [1.165, 1.54) is 0 Å². The zero-order valence-corrected chi connectivity index (χ0v) is 18.7. The third kappa shape index (κ3) is 4.56. The van der Waals surface area contributed by atoms with Crippen LogP contribution in [0, 0.1) is 0 Å². The minimum atomic E-state index is -0.966. The van der Waals surface area contributed by atoms with Crippen molar-refractivity contribution in [2.45, 2.75) is 51.1 Å². The van der Waals surface area contributed by atoms with Crippen molar-refractivity contribution >= 4 is 23.2 Å². The Morgan fingerprint density at radius 1 is 1.23 bits per heavy atom. The molecule has 3 aromatic rings. The summed E-state index contributed by atoms with van der Waals surface area (Å²) in [5, 5.41) is 9.20. The molecule has 2 amide bonds. The third-order valence-electron chi connectivity index (χ3n) is 5.63. The van der Waals surface area contributed by atoms with Crippen molar-refractivity contribution in [2.75, 3.05) is 6.54 Å². The summed E-state index contributed by atoms with van der Waals surface area (Å²) in [6.45, 7) is 4.43. The van der Waals surface area contributed by atoms with Crippen LogP contribution >= 0.6 is 11.3 Å². The third-order valence-corrected chi connectivity index (χ3v) is 6.51. The highest BCUT2D eigenvalue weighted by molar-refractivity contribution is 7.10. The van der Waals surface area contributed by atoms with Crippen molar-refractivity contribution in [3.63, 3.8) is 0 Å². The number of likely N-dealkylation sites (tertiary alicyclic amines) is 1. The highest BCUT2D eigenvalue weighted by atomic mass is 32.1. The molecule has 1 aliphatic heterocycles. The Bertz CT molecular complexity index is 1030. The maximum Gasteiger partial charge on any atom is 0.246 e. The van der Waals surface area contributed by atoms with Crippen LogP contribution in [-0.2, 0) is 22.4 Å². The van der Waals surface area contributed by atoms with E-state index in [9.17, 15) is 9.59 Å². The van der Waals surface area contributed by atoms with E-state index in [1.54, 1.807) is 16.2 Å². The number of rotatable bonds is 7. The molecule has 0 saturated carbocycles. The summed E-state index contributed by atoms with van der Waals surface area (Å²) in [5.41, 5.74) is 0.714. The molecule has 4 rings (SSSR count). The van der Waals surface area contributed by atoms with E-state index < -0.39 is 5.54 Å². The molecule has 6 nitrogen and oxygen atoms in total. The predicted octanol–water partition coefficient (Wildman–Crippen LogP) is 4.07. The quantitative estimate of drug-likeness (QED) is 0.604. The first-order valence-corrected chi connectivity index (χ1v) is 11.5. The van der Waals surface area contributed by atoms with Gasteiger partial charge in [0.25, 0.3) is 0 Å². The van der Waals surface area contributed by atoms with Crippen LogP contribution in [0.25, 0.3) is 11.3 Å². The summed E-state index contributed by atoms with van der Waals surface area (Å²) in [4.78, 5) is 29.4. The first-order valence-electron chi connectivity index (χ1n) is 10.6. The molecule has 0 spiro atoms. The van der Waals surface area contributed by atoms with Crippen molar-refractivity contribution in [1.29, 1.82) is 0 Å². The van der Waals surface area contributed by atoms with Gasteiger partial charge in [0.15, 0.2) is 0 Å². The molecule has 1 atom stereocenters. The van der Waals surface area contributed by atoms with Crippen molar-refractivity contribution in [2.24, 2.45) is 0 Å². The molecular formula is C24H27N3O3S. The van der Waals surface area contributed by atoms with Gasteiger partial charge in [-0.25, -0.2) is 0 Å². The number of nitrogens with one attached hydrogen (secondary N) is 1. The first kappa shape index (κ1) is 21.3. The predicted molar refractivity (Wildman–Crippen MR) is 121 cm³/mol. The van der Waals surface area contributed by atoms with Gasteiger partial charge in [-0.1, -0.05) is 41.6 Å². The van der Waals surface area contributed by atoms with Gasteiger partial charge in [-0.05, 0) is 38.1 Å². The van der Waals surface area contributed by atoms with Crippen LogP contribution in [0.4, 0.5) is 0 Å². The molecule has 2 aromatic heterocycles. The molecule has 31 heavy (non-hydrogen) atoms. The minimum Gasteiger partial charge on any atom is -0.361 e. The van der Waals surface area contributed by atoms with Crippen molar-refractivity contribution in [3.05, 3.63) is 64.5 Å². The van der Waals surface area contributed by atoms with Crippen molar-refractivity contribution < 1.29 is 14.1 Å². The smallest absolute Gasteiger partial charge is 0.246 e. The summed E-state index contributed by atoms with van der Waals surface area (Å²) in [5.74, 6) is 0.451. The number of thiophene rings is 1. The maximum absolute atomic E-state index is 13.4. The van der Waals surface area contributed by atoms with Crippen LogP contribution in [0.3, 0.4) is 0 Å². The first-order chi connectivity index (χ1) is 15.0. The standard InChI is InChI=1S/C24H27N3O3S/c1-17(2)25-23(29)24(11-7-12-27(24)22(28)15-20-10-6-13-31-20)16-19-14-21(26-30-19)18-8-4-3-5-9-18/h3-6,8-10,13-14,17H,7,11-12,15-16H2,1-2H3,(H,25,29)/t24-/m1/s1. The van der Waals surface area contributed by atoms with Gasteiger partial charge in [0.05, 0.1) is 6.42 Å². The lowest BCUT2D eigenvalue weighted by atomic mass is 9.88. The average molecular weight is 438 g/mol. The van der Waals surface area contributed by atoms with Crippen molar-refractivity contribution in [3.8, 4) is 11.3 Å². The molecule has 0 aliphatic carbocycles. The highest BCUT2D eigenvalue weighted by Gasteiger charge is 2.50. The van der Waals surface area contributed by atoms with E-state index in [0.717, 1.165) is 22.6 Å². The normalized spacial score (nSPS) is 18.5. The number of carbonyl (C=O) groups is 2. The fourth-order valence-corrected chi connectivity index (χ4v) is 4.92.